The second-order valence-electron chi connectivity index (χ2n) is 3.98. The normalized spacial score (nSPS) is 10.1. The van der Waals surface area contributed by atoms with Crippen molar-refractivity contribution in [3.05, 3.63) is 47.8 Å². The number of primary amides is 1. The third-order valence-corrected chi connectivity index (χ3v) is 2.50. The van der Waals surface area contributed by atoms with Crippen LogP contribution in [0.5, 0.6) is 0 Å². The molecule has 0 fully saturated rings. The fraction of sp³-hybridized carbons (Fsp3) is 0.0769. The van der Waals surface area contributed by atoms with Crippen molar-refractivity contribution < 1.29 is 4.79 Å². The minimum absolute atomic E-state index is 0.357. The molecule has 0 saturated heterocycles. The van der Waals surface area contributed by atoms with Gasteiger partial charge in [-0.15, -0.1) is 0 Å². The Balaban J connectivity index is 2.34. The zero-order valence-corrected chi connectivity index (χ0v) is 9.97. The Morgan fingerprint density at radius 2 is 2.06 bits per heavy atom. The Kier molecular flexibility index (Phi) is 3.14. The largest absolute Gasteiger partial charge is 0.399 e. The molecule has 0 spiro atoms. The molecule has 0 radical (unpaired) electrons. The van der Waals surface area contributed by atoms with Gasteiger partial charge >= 0.3 is 0 Å². The van der Waals surface area contributed by atoms with Gasteiger partial charge < -0.3 is 16.8 Å². The first-order chi connectivity index (χ1) is 8.56. The Morgan fingerprint density at radius 1 is 1.28 bits per heavy atom. The van der Waals surface area contributed by atoms with Gasteiger partial charge in [-0.25, -0.2) is 0 Å². The van der Waals surface area contributed by atoms with Crippen LogP contribution in [0.25, 0.3) is 0 Å². The highest BCUT2D eigenvalue weighted by atomic mass is 16.1. The summed E-state index contributed by atoms with van der Waals surface area (Å²) >= 11 is 0. The quantitative estimate of drug-likeness (QED) is 0.715. The molecule has 0 atom stereocenters. The molecule has 18 heavy (non-hydrogen) atoms. The van der Waals surface area contributed by atoms with Crippen molar-refractivity contribution >= 4 is 23.0 Å². The van der Waals surface area contributed by atoms with Crippen molar-refractivity contribution in [2.24, 2.45) is 5.73 Å². The van der Waals surface area contributed by atoms with Gasteiger partial charge in [-0.3, -0.25) is 9.78 Å². The predicted octanol–water partition coefficient (Wildman–Crippen LogP) is 1.81. The molecule has 0 unspecified atom stereocenters. The summed E-state index contributed by atoms with van der Waals surface area (Å²) in [5.41, 5.74) is 14.1. The summed E-state index contributed by atoms with van der Waals surface area (Å²) in [7, 11) is 0. The molecular weight excluding hydrogens is 228 g/mol. The number of nitrogens with two attached hydrogens (primary N) is 2. The highest BCUT2D eigenvalue weighted by Gasteiger charge is 2.08. The Bertz CT molecular complexity index is 578. The molecule has 0 aliphatic carbocycles. The lowest BCUT2D eigenvalue weighted by molar-refractivity contribution is 0.100. The van der Waals surface area contributed by atoms with Gasteiger partial charge in [-0.1, -0.05) is 0 Å². The SMILES string of the molecule is Cc1ccc(Nc2ccc(N)cc2C(N)=O)cn1. The number of hydrogen-bond donors (Lipinski definition) is 3. The van der Waals surface area contributed by atoms with Gasteiger partial charge in [0.1, 0.15) is 0 Å². The summed E-state index contributed by atoms with van der Waals surface area (Å²) in [6.45, 7) is 1.90. The minimum Gasteiger partial charge on any atom is -0.399 e. The summed E-state index contributed by atoms with van der Waals surface area (Å²) in [5, 5.41) is 3.09. The first kappa shape index (κ1) is 11.9. The van der Waals surface area contributed by atoms with Crippen molar-refractivity contribution in [1.29, 1.82) is 0 Å². The smallest absolute Gasteiger partial charge is 0.250 e. The molecule has 2 aromatic rings. The molecule has 5 N–H and O–H groups in total. The lowest BCUT2D eigenvalue weighted by Crippen LogP contribution is -2.13. The van der Waals surface area contributed by atoms with Crippen LogP contribution < -0.4 is 16.8 Å². The third-order valence-electron chi connectivity index (χ3n) is 2.50. The van der Waals surface area contributed by atoms with Gasteiger partial charge in [-0.2, -0.15) is 0 Å². The number of aromatic nitrogens is 1. The van der Waals surface area contributed by atoms with Crippen molar-refractivity contribution in [2.45, 2.75) is 6.92 Å². The number of carbonyl (C=O) groups is 1. The second-order valence-corrected chi connectivity index (χ2v) is 3.98. The Morgan fingerprint density at radius 3 is 2.67 bits per heavy atom. The number of pyridine rings is 1. The highest BCUT2D eigenvalue weighted by molar-refractivity contribution is 6.00. The number of nitrogens with one attached hydrogen (secondary N) is 1. The van der Waals surface area contributed by atoms with Crippen LogP contribution >= 0.6 is 0 Å². The molecule has 0 aliphatic heterocycles. The molecule has 0 aliphatic rings. The lowest BCUT2D eigenvalue weighted by Gasteiger charge is -2.10. The molecule has 5 nitrogen and oxygen atoms in total. The van der Waals surface area contributed by atoms with Crippen LogP contribution in [0.2, 0.25) is 0 Å². The number of benzene rings is 1. The second kappa shape index (κ2) is 4.75. The monoisotopic (exact) mass is 242 g/mol. The molecule has 92 valence electrons. The predicted molar refractivity (Wildman–Crippen MR) is 71.6 cm³/mol. The summed E-state index contributed by atoms with van der Waals surface area (Å²) in [4.78, 5) is 15.5. The topological polar surface area (TPSA) is 94.0 Å². The van der Waals surface area contributed by atoms with E-state index < -0.39 is 5.91 Å². The van der Waals surface area contributed by atoms with E-state index in [4.69, 9.17) is 11.5 Å². The standard InChI is InChI=1S/C13H14N4O/c1-8-2-4-10(7-16-8)17-12-5-3-9(14)6-11(12)13(15)18/h2-7,17H,14H2,1H3,(H2,15,18). The van der Waals surface area contributed by atoms with Crippen LogP contribution in [0.3, 0.4) is 0 Å². The summed E-state index contributed by atoms with van der Waals surface area (Å²) < 4.78 is 0. The third kappa shape index (κ3) is 2.57. The van der Waals surface area contributed by atoms with Gasteiger partial charge in [0.25, 0.3) is 5.91 Å². The van der Waals surface area contributed by atoms with Gasteiger partial charge in [0.05, 0.1) is 23.1 Å². The number of aryl methyl sites for hydroxylation is 1. The van der Waals surface area contributed by atoms with Gasteiger partial charge in [-0.05, 0) is 37.3 Å². The van der Waals surface area contributed by atoms with Crippen molar-refractivity contribution in [3.8, 4) is 0 Å². The van der Waals surface area contributed by atoms with Crippen LogP contribution in [0.15, 0.2) is 36.5 Å². The van der Waals surface area contributed by atoms with Crippen LogP contribution in [0.4, 0.5) is 17.1 Å². The molecule has 2 rings (SSSR count). The van der Waals surface area contributed by atoms with E-state index in [0.717, 1.165) is 11.4 Å². The first-order valence-electron chi connectivity index (χ1n) is 5.45. The van der Waals surface area contributed by atoms with E-state index in [9.17, 15) is 4.79 Å². The van der Waals surface area contributed by atoms with E-state index in [2.05, 4.69) is 10.3 Å². The number of anilines is 3. The lowest BCUT2D eigenvalue weighted by atomic mass is 10.1. The number of nitrogens with zero attached hydrogens (tertiary/aromatic N) is 1. The van der Waals surface area contributed by atoms with E-state index >= 15 is 0 Å². The zero-order chi connectivity index (χ0) is 13.1. The summed E-state index contributed by atoms with van der Waals surface area (Å²) in [5.74, 6) is -0.523. The maximum atomic E-state index is 11.3. The number of carbonyl (C=O) groups excluding carboxylic acids is 1. The molecule has 1 amide bonds. The molecule has 1 heterocycles. The van der Waals surface area contributed by atoms with Gasteiger partial charge in [0, 0.05) is 11.4 Å². The van der Waals surface area contributed by atoms with Crippen LogP contribution in [0.1, 0.15) is 16.1 Å². The average Bonchev–Trinajstić information content (AvgIpc) is 2.34. The Labute approximate surface area is 105 Å². The Hall–Kier alpha value is -2.56. The van der Waals surface area contributed by atoms with E-state index in [0.29, 0.717) is 16.9 Å². The molecular formula is C13H14N4O. The van der Waals surface area contributed by atoms with E-state index in [1.54, 1.807) is 24.4 Å². The highest BCUT2D eigenvalue weighted by Crippen LogP contribution is 2.22. The number of hydrogen-bond acceptors (Lipinski definition) is 4. The molecule has 0 saturated carbocycles. The van der Waals surface area contributed by atoms with Crippen molar-refractivity contribution in [2.75, 3.05) is 11.1 Å². The van der Waals surface area contributed by atoms with E-state index in [1.165, 1.54) is 0 Å². The minimum atomic E-state index is -0.523. The molecule has 5 heteroatoms. The van der Waals surface area contributed by atoms with Crippen LogP contribution in [-0.4, -0.2) is 10.9 Å². The van der Waals surface area contributed by atoms with E-state index in [-0.39, 0.29) is 0 Å². The van der Waals surface area contributed by atoms with Crippen LogP contribution in [0, 0.1) is 6.92 Å². The molecule has 1 aromatic carbocycles. The maximum Gasteiger partial charge on any atom is 0.250 e. The van der Waals surface area contributed by atoms with Gasteiger partial charge in [0.2, 0.25) is 0 Å². The first-order valence-corrected chi connectivity index (χ1v) is 5.45. The van der Waals surface area contributed by atoms with Crippen LogP contribution in [-0.2, 0) is 0 Å². The molecule has 1 aromatic heterocycles. The van der Waals surface area contributed by atoms with Gasteiger partial charge in [0.15, 0.2) is 0 Å². The molecule has 0 bridgehead atoms. The average molecular weight is 242 g/mol. The fourth-order valence-corrected chi connectivity index (χ4v) is 1.57. The van der Waals surface area contributed by atoms with Crippen molar-refractivity contribution in [3.63, 3.8) is 0 Å². The number of nitrogen functional groups attached to an aromatic ring is 1. The summed E-state index contributed by atoms with van der Waals surface area (Å²) in [6.07, 6.45) is 1.69. The maximum absolute atomic E-state index is 11.3. The number of amides is 1. The zero-order valence-electron chi connectivity index (χ0n) is 9.97. The number of rotatable bonds is 3. The summed E-state index contributed by atoms with van der Waals surface area (Å²) in [6, 6.07) is 8.73. The van der Waals surface area contributed by atoms with E-state index in [1.807, 2.05) is 19.1 Å². The van der Waals surface area contributed by atoms with Crippen molar-refractivity contribution in [1.82, 2.24) is 4.98 Å². The fourth-order valence-electron chi connectivity index (χ4n) is 1.57.